The van der Waals surface area contributed by atoms with E-state index in [4.69, 9.17) is 43.0 Å². The fraction of sp³-hybridized carbons (Fsp3) is 0. The summed E-state index contributed by atoms with van der Waals surface area (Å²) in [6, 6.07) is 12.3. The van der Waals surface area contributed by atoms with Gasteiger partial charge in [0.05, 0.1) is 19.2 Å². The Morgan fingerprint density at radius 3 is 1.58 bits per heavy atom. The van der Waals surface area contributed by atoms with E-state index in [1.54, 1.807) is 66.7 Å². The molecule has 7 aromatic carbocycles. The van der Waals surface area contributed by atoms with E-state index < -0.39 is 78.6 Å². The van der Waals surface area contributed by atoms with Crippen LogP contribution in [0.25, 0.3) is 99.9 Å². The van der Waals surface area contributed by atoms with Gasteiger partial charge >= 0.3 is 0 Å². The molecule has 0 saturated carbocycles. The lowest BCUT2D eigenvalue weighted by Crippen LogP contribution is -2.01. The minimum absolute atomic E-state index is 0.0348. The number of rotatable bonds is 4. The summed E-state index contributed by atoms with van der Waals surface area (Å²) < 4.78 is 133. The van der Waals surface area contributed by atoms with E-state index in [0.717, 1.165) is 0 Å². The van der Waals surface area contributed by atoms with Crippen molar-refractivity contribution in [3.63, 3.8) is 0 Å². The Morgan fingerprint density at radius 1 is 0.375 bits per heavy atom. The van der Waals surface area contributed by atoms with Crippen LogP contribution < -0.4 is 0 Å². The molecule has 0 amide bonds. The molecule has 0 radical (unpaired) electrons. The van der Waals surface area contributed by atoms with E-state index in [1.165, 1.54) is 0 Å². The van der Waals surface area contributed by atoms with Gasteiger partial charge in [-0.2, -0.15) is 0 Å². The molecule has 0 unspecified atom stereocenters. The third kappa shape index (κ3) is 4.08. The molecule has 3 heterocycles. The molecule has 0 bridgehead atoms. The largest absolute Gasteiger partial charge is 0.456 e. The van der Waals surface area contributed by atoms with Gasteiger partial charge in [0, 0.05) is 38.2 Å². The minimum Gasteiger partial charge on any atom is -0.456 e. The highest BCUT2D eigenvalue weighted by Crippen LogP contribution is 2.41. The van der Waals surface area contributed by atoms with Crippen LogP contribution in [0, 0.1) is 0 Å². The number of fused-ring (bicyclic) bond motifs is 7. The fourth-order valence-corrected chi connectivity index (χ4v) is 6.14. The van der Waals surface area contributed by atoms with E-state index in [9.17, 15) is 0 Å². The molecular weight excluding hydrogens is 590 g/mol. The van der Waals surface area contributed by atoms with Crippen molar-refractivity contribution in [2.75, 3.05) is 0 Å². The molecule has 224 valence electrons. The Labute approximate surface area is 294 Å². The number of furan rings is 2. The van der Waals surface area contributed by atoms with Crippen molar-refractivity contribution >= 4 is 54.6 Å². The zero-order valence-electron chi connectivity index (χ0n) is 38.5. The molecule has 3 aromatic heterocycles. The van der Waals surface area contributed by atoms with Crippen LogP contribution in [0.1, 0.15) is 19.2 Å². The molecule has 0 atom stereocenters. The van der Waals surface area contributed by atoms with Gasteiger partial charge < -0.3 is 8.83 Å². The normalized spacial score (nSPS) is 15.8. The van der Waals surface area contributed by atoms with Gasteiger partial charge in [0.1, 0.15) is 22.3 Å². The van der Waals surface area contributed by atoms with Crippen LogP contribution in [-0.2, 0) is 0 Å². The second-order valence-corrected chi connectivity index (χ2v) is 10.9. The molecular formula is C43H25N3O2. The number of hydrogen-bond acceptors (Lipinski definition) is 5. The number of para-hydroxylation sites is 2. The summed E-state index contributed by atoms with van der Waals surface area (Å²) in [5.41, 5.74) is 0.417. The van der Waals surface area contributed by atoms with Gasteiger partial charge in [-0.05, 0) is 46.1 Å². The van der Waals surface area contributed by atoms with Crippen molar-refractivity contribution < 1.29 is 28.0 Å². The van der Waals surface area contributed by atoms with Gasteiger partial charge in [-0.3, -0.25) is 0 Å². The molecule has 0 fully saturated rings. The first-order valence-corrected chi connectivity index (χ1v) is 14.8. The number of aromatic nitrogens is 3. The summed E-state index contributed by atoms with van der Waals surface area (Å²) >= 11 is 0. The van der Waals surface area contributed by atoms with Gasteiger partial charge in [-0.25, -0.2) is 15.0 Å². The van der Waals surface area contributed by atoms with Gasteiger partial charge in [-0.1, -0.05) is 127 Å². The van der Waals surface area contributed by atoms with Crippen LogP contribution in [0.3, 0.4) is 0 Å². The molecule has 5 heteroatoms. The third-order valence-electron chi connectivity index (χ3n) is 8.22. The molecule has 0 aliphatic carbocycles. The smallest absolute Gasteiger partial charge is 0.164 e. The number of hydrogen-bond donors (Lipinski definition) is 0. The quantitative estimate of drug-likeness (QED) is 0.194. The van der Waals surface area contributed by atoms with Gasteiger partial charge in [0.15, 0.2) is 17.5 Å². The highest BCUT2D eigenvalue weighted by molar-refractivity contribution is 6.16. The molecule has 0 spiro atoms. The van der Waals surface area contributed by atoms with Gasteiger partial charge in [0.25, 0.3) is 0 Å². The molecule has 0 aliphatic rings. The average Bonchev–Trinajstić information content (AvgIpc) is 3.88. The van der Waals surface area contributed by atoms with E-state index in [1.807, 2.05) is 0 Å². The Hall–Kier alpha value is -6.59. The fourth-order valence-electron chi connectivity index (χ4n) is 6.14. The first-order chi connectivity index (χ1) is 29.6. The first-order valence-electron chi connectivity index (χ1n) is 21.8. The monoisotopic (exact) mass is 629 g/mol. The summed E-state index contributed by atoms with van der Waals surface area (Å²) in [7, 11) is 0. The van der Waals surface area contributed by atoms with Crippen LogP contribution in [0.4, 0.5) is 0 Å². The van der Waals surface area contributed by atoms with Crippen LogP contribution in [-0.4, -0.2) is 15.0 Å². The number of benzene rings is 7. The second-order valence-electron chi connectivity index (χ2n) is 10.9. The van der Waals surface area contributed by atoms with Crippen molar-refractivity contribution in [3.05, 3.63) is 151 Å². The van der Waals surface area contributed by atoms with Gasteiger partial charge in [0.2, 0.25) is 0 Å². The van der Waals surface area contributed by atoms with E-state index in [-0.39, 0.29) is 78.5 Å². The predicted molar refractivity (Wildman–Crippen MR) is 194 cm³/mol. The summed E-state index contributed by atoms with van der Waals surface area (Å²) in [5, 5.41) is 0.909. The maximum atomic E-state index is 9.17. The average molecular weight is 630 g/mol. The minimum atomic E-state index is -0.566. The maximum absolute atomic E-state index is 9.17. The van der Waals surface area contributed by atoms with Gasteiger partial charge in [-0.15, -0.1) is 0 Å². The standard InChI is InChI=1S/C43H25N3O2/c1-2-12-26(13-3-1)41-44-42(46-43(45-41)34-21-11-25-38-40(34)33-15-5-7-23-36(33)48-38)31-20-9-16-27-28(17-8-18-29(27)31)30-19-10-24-37-39(30)32-14-4-6-22-35(32)47-37/h1-25H/i4D,5D,6D,7D,10D,11D,14D,15D,19D,21D,22D,23D,24D,25D. The van der Waals surface area contributed by atoms with E-state index in [2.05, 4.69) is 0 Å². The molecule has 0 saturated heterocycles. The third-order valence-corrected chi connectivity index (χ3v) is 8.22. The Morgan fingerprint density at radius 2 is 0.896 bits per heavy atom. The summed E-state index contributed by atoms with van der Waals surface area (Å²) in [6.07, 6.45) is 0. The molecule has 5 nitrogen and oxygen atoms in total. The topological polar surface area (TPSA) is 65.0 Å². The number of nitrogens with zero attached hydrogens (tertiary/aromatic N) is 3. The van der Waals surface area contributed by atoms with E-state index >= 15 is 0 Å². The molecule has 10 aromatic rings. The molecule has 48 heavy (non-hydrogen) atoms. The van der Waals surface area contributed by atoms with Crippen molar-refractivity contribution in [1.29, 1.82) is 0 Å². The Kier molecular flexibility index (Phi) is 3.56. The van der Waals surface area contributed by atoms with Crippen molar-refractivity contribution in [2.24, 2.45) is 0 Å². The summed E-state index contributed by atoms with van der Waals surface area (Å²) in [4.78, 5) is 14.5. The lowest BCUT2D eigenvalue weighted by Gasteiger charge is -2.13. The summed E-state index contributed by atoms with van der Waals surface area (Å²) in [5.74, 6) is 0.0586. The Balaban J connectivity index is 1.30. The predicted octanol–water partition coefficient (Wildman–Crippen LogP) is 11.5. The zero-order valence-corrected chi connectivity index (χ0v) is 24.5. The van der Waals surface area contributed by atoms with Crippen molar-refractivity contribution in [3.8, 4) is 45.3 Å². The van der Waals surface area contributed by atoms with Crippen LogP contribution in [0.15, 0.2) is 160 Å². The van der Waals surface area contributed by atoms with E-state index in [0.29, 0.717) is 27.5 Å². The second kappa shape index (κ2) is 10.5. The lowest BCUT2D eigenvalue weighted by atomic mass is 9.93. The SMILES string of the molecule is [2H]c1c([2H])c([2H])c2c(oc3c([2H])c([2H])c([2H])c(-c4nc(-c5ccccc5)nc(-c5cccc6c(-c7c([2H])c([2H])c([2H])c8oc9c([2H])c([2H])c([2H])c([2H])c9c78)cccc56)n4)c32)c1[2H]. The van der Waals surface area contributed by atoms with Crippen LogP contribution >= 0.6 is 0 Å². The first kappa shape index (κ1) is 16.3. The van der Waals surface area contributed by atoms with Crippen LogP contribution in [0.2, 0.25) is 0 Å². The summed E-state index contributed by atoms with van der Waals surface area (Å²) in [6.45, 7) is 0. The highest BCUT2D eigenvalue weighted by atomic mass is 16.3. The highest BCUT2D eigenvalue weighted by Gasteiger charge is 2.20. The molecule has 0 N–H and O–H groups in total. The molecule has 0 aliphatic heterocycles. The maximum Gasteiger partial charge on any atom is 0.164 e. The Bertz CT molecular complexity index is 3650. The zero-order chi connectivity index (χ0) is 43.8. The van der Waals surface area contributed by atoms with Crippen LogP contribution in [0.5, 0.6) is 0 Å². The van der Waals surface area contributed by atoms with Crippen molar-refractivity contribution in [2.45, 2.75) is 0 Å². The molecule has 10 rings (SSSR count). The van der Waals surface area contributed by atoms with Crippen molar-refractivity contribution in [1.82, 2.24) is 15.0 Å². The lowest BCUT2D eigenvalue weighted by molar-refractivity contribution is 0.668.